The number of esters is 2. The summed E-state index contributed by atoms with van der Waals surface area (Å²) in [5.41, 5.74) is 0.299. The number of aryl methyl sites for hydroxylation is 1. The van der Waals surface area contributed by atoms with Crippen LogP contribution in [0.5, 0.6) is 17.2 Å². The van der Waals surface area contributed by atoms with Crippen molar-refractivity contribution in [3.05, 3.63) is 64.0 Å². The minimum atomic E-state index is -0.465. The number of rotatable bonds is 5. The summed E-state index contributed by atoms with van der Waals surface area (Å²) in [6.45, 7) is 3.29. The van der Waals surface area contributed by atoms with Crippen LogP contribution in [0.25, 0.3) is 11.0 Å². The lowest BCUT2D eigenvalue weighted by Gasteiger charge is -2.10. The van der Waals surface area contributed by atoms with Gasteiger partial charge in [0.1, 0.15) is 22.8 Å². The lowest BCUT2D eigenvalue weighted by atomic mass is 10.2. The van der Waals surface area contributed by atoms with E-state index in [-0.39, 0.29) is 34.9 Å². The van der Waals surface area contributed by atoms with Crippen LogP contribution in [-0.4, -0.2) is 19.0 Å². The van der Waals surface area contributed by atoms with E-state index in [2.05, 4.69) is 4.74 Å². The smallest absolute Gasteiger partial charge is 0.337 e. The van der Waals surface area contributed by atoms with Gasteiger partial charge in [-0.05, 0) is 43.3 Å². The summed E-state index contributed by atoms with van der Waals surface area (Å²) in [4.78, 5) is 35.7. The van der Waals surface area contributed by atoms with Gasteiger partial charge in [0.15, 0.2) is 0 Å². The van der Waals surface area contributed by atoms with Crippen LogP contribution in [0.15, 0.2) is 51.7 Å². The first-order valence-electron chi connectivity index (χ1n) is 8.57. The Bertz CT molecular complexity index is 1090. The molecule has 0 aliphatic heterocycles. The molecule has 1 aromatic heterocycles. The largest absolute Gasteiger partial charge is 0.465 e. The van der Waals surface area contributed by atoms with Crippen molar-refractivity contribution in [2.45, 2.75) is 20.3 Å². The number of carbonyl (C=O) groups excluding carboxylic acids is 2. The Morgan fingerprint density at radius 3 is 2.36 bits per heavy atom. The van der Waals surface area contributed by atoms with Crippen LogP contribution >= 0.6 is 0 Å². The Morgan fingerprint density at radius 1 is 1.04 bits per heavy atom. The lowest BCUT2D eigenvalue weighted by Crippen LogP contribution is -2.09. The summed E-state index contributed by atoms with van der Waals surface area (Å²) in [6.07, 6.45) is 0.239. The van der Waals surface area contributed by atoms with Crippen molar-refractivity contribution in [3.8, 4) is 17.2 Å². The molecule has 0 aliphatic carbocycles. The first-order chi connectivity index (χ1) is 13.4. The molecule has 0 fully saturated rings. The van der Waals surface area contributed by atoms with Crippen LogP contribution in [0.4, 0.5) is 0 Å². The molecule has 3 aromatic rings. The van der Waals surface area contributed by atoms with Crippen molar-refractivity contribution in [2.75, 3.05) is 7.11 Å². The third-order valence-corrected chi connectivity index (χ3v) is 4.00. The number of hydrogen-bond donors (Lipinski definition) is 0. The molecular weight excluding hydrogens is 364 g/mol. The summed E-state index contributed by atoms with van der Waals surface area (Å²) in [5, 5.41) is 0.295. The van der Waals surface area contributed by atoms with Crippen molar-refractivity contribution < 1.29 is 28.2 Å². The first kappa shape index (κ1) is 19.2. The van der Waals surface area contributed by atoms with Crippen molar-refractivity contribution in [1.29, 1.82) is 0 Å². The van der Waals surface area contributed by atoms with Crippen molar-refractivity contribution in [1.82, 2.24) is 0 Å². The van der Waals surface area contributed by atoms with E-state index in [0.717, 1.165) is 0 Å². The average Bonchev–Trinajstić information content (AvgIpc) is 2.70. The maximum atomic E-state index is 12.8. The third-order valence-electron chi connectivity index (χ3n) is 4.00. The Kier molecular flexibility index (Phi) is 5.44. The third kappa shape index (κ3) is 3.88. The Hall–Kier alpha value is -3.61. The molecule has 0 spiro atoms. The van der Waals surface area contributed by atoms with Gasteiger partial charge in [-0.2, -0.15) is 0 Å². The van der Waals surface area contributed by atoms with E-state index in [4.69, 9.17) is 13.9 Å². The minimum Gasteiger partial charge on any atom is -0.465 e. The predicted octanol–water partition coefficient (Wildman–Crippen LogP) is 4.00. The van der Waals surface area contributed by atoms with Gasteiger partial charge in [-0.1, -0.05) is 6.92 Å². The highest BCUT2D eigenvalue weighted by molar-refractivity contribution is 5.89. The summed E-state index contributed by atoms with van der Waals surface area (Å²) in [7, 11) is 1.30. The second-order valence-corrected chi connectivity index (χ2v) is 5.92. The number of benzene rings is 2. The Morgan fingerprint density at radius 2 is 1.71 bits per heavy atom. The molecule has 144 valence electrons. The molecule has 7 nitrogen and oxygen atoms in total. The SMILES string of the molecule is CCC(=O)Oc1ccc2c(=O)c(Oc3ccc(C(=O)OC)cc3)c(C)oc2c1. The van der Waals surface area contributed by atoms with Gasteiger partial charge in [0, 0.05) is 12.5 Å². The topological polar surface area (TPSA) is 92.0 Å². The van der Waals surface area contributed by atoms with Crippen molar-refractivity contribution in [3.63, 3.8) is 0 Å². The molecule has 7 heteroatoms. The molecule has 0 amide bonds. The standard InChI is InChI=1S/C21H18O7/c1-4-18(22)27-15-9-10-16-17(11-15)26-12(2)20(19(16)23)28-14-7-5-13(6-8-14)21(24)25-3/h5-11H,4H2,1-3H3. The molecule has 0 unspecified atom stereocenters. The van der Waals surface area contributed by atoms with Gasteiger partial charge in [0.05, 0.1) is 18.1 Å². The number of hydrogen-bond acceptors (Lipinski definition) is 7. The quantitative estimate of drug-likeness (QED) is 0.486. The van der Waals surface area contributed by atoms with Crippen LogP contribution in [0.3, 0.4) is 0 Å². The monoisotopic (exact) mass is 382 g/mol. The molecule has 3 rings (SSSR count). The van der Waals surface area contributed by atoms with Crippen molar-refractivity contribution in [2.24, 2.45) is 0 Å². The number of ether oxygens (including phenoxy) is 3. The highest BCUT2D eigenvalue weighted by atomic mass is 16.5. The van der Waals surface area contributed by atoms with E-state index in [1.807, 2.05) is 0 Å². The van der Waals surface area contributed by atoms with Crippen LogP contribution in [-0.2, 0) is 9.53 Å². The van der Waals surface area contributed by atoms with E-state index in [1.54, 1.807) is 26.0 Å². The van der Waals surface area contributed by atoms with Gasteiger partial charge in [-0.15, -0.1) is 0 Å². The van der Waals surface area contributed by atoms with Gasteiger partial charge in [-0.25, -0.2) is 4.79 Å². The maximum absolute atomic E-state index is 12.8. The molecule has 2 aromatic carbocycles. The molecular formula is C21H18O7. The normalized spacial score (nSPS) is 10.5. The second-order valence-electron chi connectivity index (χ2n) is 5.92. The summed E-state index contributed by atoms with van der Waals surface area (Å²) in [6, 6.07) is 10.7. The summed E-state index contributed by atoms with van der Waals surface area (Å²) < 4.78 is 21.2. The minimum absolute atomic E-state index is 0.0385. The zero-order valence-electron chi connectivity index (χ0n) is 15.6. The molecule has 0 saturated carbocycles. The zero-order chi connectivity index (χ0) is 20.3. The van der Waals surface area contributed by atoms with Crippen LogP contribution in [0, 0.1) is 6.92 Å². The molecule has 0 radical (unpaired) electrons. The zero-order valence-corrected chi connectivity index (χ0v) is 15.6. The fourth-order valence-corrected chi connectivity index (χ4v) is 2.55. The summed E-state index contributed by atoms with van der Waals surface area (Å²) >= 11 is 0. The Labute approximate surface area is 160 Å². The fourth-order valence-electron chi connectivity index (χ4n) is 2.55. The van der Waals surface area contributed by atoms with E-state index in [9.17, 15) is 14.4 Å². The number of carbonyl (C=O) groups is 2. The van der Waals surface area contributed by atoms with Gasteiger partial charge in [-0.3, -0.25) is 9.59 Å². The fraction of sp³-hybridized carbons (Fsp3) is 0.190. The lowest BCUT2D eigenvalue weighted by molar-refractivity contribution is -0.134. The second kappa shape index (κ2) is 7.96. The highest BCUT2D eigenvalue weighted by Crippen LogP contribution is 2.27. The van der Waals surface area contributed by atoms with Gasteiger partial charge in [0.25, 0.3) is 0 Å². The van der Waals surface area contributed by atoms with Gasteiger partial charge in [0.2, 0.25) is 11.2 Å². The molecule has 28 heavy (non-hydrogen) atoms. The van der Waals surface area contributed by atoms with Gasteiger partial charge < -0.3 is 18.6 Å². The molecule has 1 heterocycles. The first-order valence-corrected chi connectivity index (χ1v) is 8.57. The molecule has 0 aliphatic rings. The predicted molar refractivity (Wildman–Crippen MR) is 101 cm³/mol. The number of fused-ring (bicyclic) bond motifs is 1. The number of methoxy groups -OCH3 is 1. The molecule has 0 atom stereocenters. The highest BCUT2D eigenvalue weighted by Gasteiger charge is 2.15. The Balaban J connectivity index is 1.93. The molecule has 0 N–H and O–H groups in total. The van der Waals surface area contributed by atoms with Crippen LogP contribution in [0.1, 0.15) is 29.5 Å². The molecule has 0 bridgehead atoms. The van der Waals surface area contributed by atoms with Gasteiger partial charge >= 0.3 is 11.9 Å². The molecule has 0 saturated heterocycles. The maximum Gasteiger partial charge on any atom is 0.337 e. The average molecular weight is 382 g/mol. The van der Waals surface area contributed by atoms with Crippen LogP contribution < -0.4 is 14.9 Å². The van der Waals surface area contributed by atoms with E-state index >= 15 is 0 Å². The van der Waals surface area contributed by atoms with E-state index in [1.165, 1.54) is 37.4 Å². The van der Waals surface area contributed by atoms with E-state index < -0.39 is 5.97 Å². The van der Waals surface area contributed by atoms with Crippen LogP contribution in [0.2, 0.25) is 0 Å². The van der Waals surface area contributed by atoms with Crippen molar-refractivity contribution >= 4 is 22.9 Å². The van der Waals surface area contributed by atoms with E-state index in [0.29, 0.717) is 22.4 Å². The summed E-state index contributed by atoms with van der Waals surface area (Å²) in [5.74, 6) is 0.135.